The van der Waals surface area contributed by atoms with Crippen molar-refractivity contribution in [2.45, 2.75) is 31.0 Å². The maximum absolute atomic E-state index is 13.1. The predicted octanol–water partition coefficient (Wildman–Crippen LogP) is 0.528. The van der Waals surface area contributed by atoms with Gasteiger partial charge >= 0.3 is 0 Å². The number of ether oxygens (including phenoxy) is 2. The molecule has 0 saturated carbocycles. The van der Waals surface area contributed by atoms with Crippen LogP contribution in [0.25, 0.3) is 0 Å². The summed E-state index contributed by atoms with van der Waals surface area (Å²) in [6.07, 6.45) is 3.19. The molecule has 1 aromatic heterocycles. The van der Waals surface area contributed by atoms with Crippen LogP contribution in [0.3, 0.4) is 0 Å². The number of likely N-dealkylation sites (N-methyl/N-ethyl adjacent to an activating group) is 1. The molecule has 0 unspecified atom stereocenters. The fourth-order valence-corrected chi connectivity index (χ4v) is 4.89. The SMILES string of the molecule is CN(CC(=O)N1C[C@@H]2COCC[C@]2(O)[C@H]2COCC[C@H]21)Cc1ccccn1. The van der Waals surface area contributed by atoms with Crippen molar-refractivity contribution in [3.8, 4) is 0 Å². The largest absolute Gasteiger partial charge is 0.389 e. The van der Waals surface area contributed by atoms with Crippen molar-refractivity contribution in [1.82, 2.24) is 14.8 Å². The van der Waals surface area contributed by atoms with E-state index in [1.807, 2.05) is 35.0 Å². The van der Waals surface area contributed by atoms with Gasteiger partial charge in [0.25, 0.3) is 0 Å². The Balaban J connectivity index is 1.46. The van der Waals surface area contributed by atoms with Crippen molar-refractivity contribution in [2.24, 2.45) is 11.8 Å². The standard InChI is InChI=1S/C20H29N3O4/c1-22(11-16-4-2-3-7-21-16)12-19(24)23-10-15-13-27-9-6-20(15,25)17-14-26-8-5-18(17)23/h2-4,7,15,17-18,25H,5-6,8-14H2,1H3/t15-,17+,18-,20-/m1/s1. The summed E-state index contributed by atoms with van der Waals surface area (Å²) in [5.41, 5.74) is 0.172. The average Bonchev–Trinajstić information content (AvgIpc) is 2.68. The number of aliphatic hydroxyl groups is 1. The second kappa shape index (κ2) is 7.83. The summed E-state index contributed by atoms with van der Waals surface area (Å²) in [6.45, 7) is 3.79. The molecule has 0 spiro atoms. The lowest BCUT2D eigenvalue weighted by molar-refractivity contribution is -0.219. The van der Waals surface area contributed by atoms with E-state index in [2.05, 4.69) is 4.98 Å². The zero-order chi connectivity index (χ0) is 18.9. The molecule has 3 saturated heterocycles. The Hall–Kier alpha value is -1.54. The normalized spacial score (nSPS) is 33.4. The lowest BCUT2D eigenvalue weighted by Crippen LogP contribution is -2.69. The van der Waals surface area contributed by atoms with E-state index in [4.69, 9.17) is 9.47 Å². The first-order chi connectivity index (χ1) is 13.1. The Kier molecular flexibility index (Phi) is 5.45. The molecule has 0 radical (unpaired) electrons. The molecule has 1 amide bonds. The van der Waals surface area contributed by atoms with Gasteiger partial charge in [-0.1, -0.05) is 6.07 Å². The third-order valence-electron chi connectivity index (χ3n) is 6.34. The first-order valence-corrected chi connectivity index (χ1v) is 9.83. The summed E-state index contributed by atoms with van der Waals surface area (Å²) < 4.78 is 11.3. The van der Waals surface area contributed by atoms with Crippen LogP contribution in [0.5, 0.6) is 0 Å². The number of piperidine rings is 1. The number of aromatic nitrogens is 1. The first-order valence-electron chi connectivity index (χ1n) is 9.83. The number of rotatable bonds is 4. The van der Waals surface area contributed by atoms with E-state index in [1.54, 1.807) is 6.20 Å². The van der Waals surface area contributed by atoms with Crippen molar-refractivity contribution >= 4 is 5.91 Å². The van der Waals surface area contributed by atoms with Crippen LogP contribution in [0.15, 0.2) is 24.4 Å². The van der Waals surface area contributed by atoms with Crippen molar-refractivity contribution in [3.05, 3.63) is 30.1 Å². The van der Waals surface area contributed by atoms with Gasteiger partial charge < -0.3 is 19.5 Å². The first kappa shape index (κ1) is 18.8. The van der Waals surface area contributed by atoms with E-state index in [0.717, 1.165) is 12.1 Å². The zero-order valence-electron chi connectivity index (χ0n) is 15.9. The monoisotopic (exact) mass is 375 g/mol. The molecule has 0 aromatic carbocycles. The number of nitrogens with zero attached hydrogens (tertiary/aromatic N) is 3. The molecule has 148 valence electrons. The van der Waals surface area contributed by atoms with Gasteiger partial charge in [0.05, 0.1) is 31.1 Å². The third kappa shape index (κ3) is 3.74. The molecular formula is C20H29N3O4. The average molecular weight is 375 g/mol. The van der Waals surface area contributed by atoms with Gasteiger partial charge in [-0.25, -0.2) is 0 Å². The highest BCUT2D eigenvalue weighted by Gasteiger charge is 2.56. The molecule has 0 bridgehead atoms. The smallest absolute Gasteiger partial charge is 0.237 e. The second-order valence-corrected chi connectivity index (χ2v) is 8.09. The number of carbonyl (C=O) groups is 1. The minimum absolute atomic E-state index is 0.0288. The van der Waals surface area contributed by atoms with Gasteiger partial charge in [0.1, 0.15) is 0 Å². The minimum Gasteiger partial charge on any atom is -0.389 e. The summed E-state index contributed by atoms with van der Waals surface area (Å²) in [7, 11) is 1.94. The molecule has 3 fully saturated rings. The molecule has 7 heteroatoms. The number of hydrogen-bond acceptors (Lipinski definition) is 6. The zero-order valence-corrected chi connectivity index (χ0v) is 15.9. The lowest BCUT2D eigenvalue weighted by Gasteiger charge is -2.57. The van der Waals surface area contributed by atoms with Crippen LogP contribution in [0.1, 0.15) is 18.5 Å². The molecule has 3 aliphatic heterocycles. The van der Waals surface area contributed by atoms with Crippen LogP contribution < -0.4 is 0 Å². The summed E-state index contributed by atoms with van der Waals surface area (Å²) in [5.74, 6) is 0.0381. The fourth-order valence-electron chi connectivity index (χ4n) is 4.89. The molecule has 1 aromatic rings. The van der Waals surface area contributed by atoms with Crippen LogP contribution >= 0.6 is 0 Å². The molecule has 3 aliphatic rings. The van der Waals surface area contributed by atoms with Crippen LogP contribution in [0.4, 0.5) is 0 Å². The Morgan fingerprint density at radius 3 is 3.04 bits per heavy atom. The van der Waals surface area contributed by atoms with Crippen LogP contribution in [0, 0.1) is 11.8 Å². The number of likely N-dealkylation sites (tertiary alicyclic amines) is 1. The maximum atomic E-state index is 13.1. The number of pyridine rings is 1. The van der Waals surface area contributed by atoms with Crippen molar-refractivity contribution in [2.75, 3.05) is 46.6 Å². The van der Waals surface area contributed by atoms with Gasteiger partial charge in [0, 0.05) is 56.8 Å². The molecular weight excluding hydrogens is 346 g/mol. The summed E-state index contributed by atoms with van der Waals surface area (Å²) in [5, 5.41) is 11.3. The van der Waals surface area contributed by atoms with E-state index >= 15 is 0 Å². The fraction of sp³-hybridized carbons (Fsp3) is 0.700. The van der Waals surface area contributed by atoms with Crippen LogP contribution in [0.2, 0.25) is 0 Å². The van der Waals surface area contributed by atoms with E-state index < -0.39 is 5.60 Å². The molecule has 4 rings (SSSR count). The topological polar surface area (TPSA) is 75.1 Å². The highest BCUT2D eigenvalue weighted by Crippen LogP contribution is 2.44. The molecule has 4 atom stereocenters. The predicted molar refractivity (Wildman–Crippen MR) is 98.9 cm³/mol. The van der Waals surface area contributed by atoms with E-state index in [1.165, 1.54) is 0 Å². The van der Waals surface area contributed by atoms with Gasteiger partial charge in [-0.3, -0.25) is 14.7 Å². The van der Waals surface area contributed by atoms with Gasteiger partial charge in [0.15, 0.2) is 0 Å². The molecule has 0 aliphatic carbocycles. The van der Waals surface area contributed by atoms with Gasteiger partial charge in [0.2, 0.25) is 5.91 Å². The Morgan fingerprint density at radius 1 is 1.37 bits per heavy atom. The van der Waals surface area contributed by atoms with Crippen LogP contribution in [-0.2, 0) is 20.8 Å². The van der Waals surface area contributed by atoms with Crippen LogP contribution in [-0.4, -0.2) is 84.0 Å². The Labute approximate surface area is 160 Å². The number of amides is 1. The van der Waals surface area contributed by atoms with Gasteiger partial charge in [-0.05, 0) is 25.6 Å². The van der Waals surface area contributed by atoms with Gasteiger partial charge in [-0.15, -0.1) is 0 Å². The van der Waals surface area contributed by atoms with Crippen molar-refractivity contribution in [1.29, 1.82) is 0 Å². The molecule has 1 N–H and O–H groups in total. The van der Waals surface area contributed by atoms with E-state index in [0.29, 0.717) is 52.5 Å². The lowest BCUT2D eigenvalue weighted by atomic mass is 9.66. The minimum atomic E-state index is -0.778. The Morgan fingerprint density at radius 2 is 2.22 bits per heavy atom. The molecule has 27 heavy (non-hydrogen) atoms. The van der Waals surface area contributed by atoms with E-state index in [-0.39, 0.29) is 23.8 Å². The number of carbonyl (C=O) groups excluding carboxylic acids is 1. The summed E-state index contributed by atoms with van der Waals surface area (Å²) >= 11 is 0. The maximum Gasteiger partial charge on any atom is 0.237 e. The summed E-state index contributed by atoms with van der Waals surface area (Å²) in [4.78, 5) is 21.4. The number of hydrogen-bond donors (Lipinski definition) is 1. The van der Waals surface area contributed by atoms with Gasteiger partial charge in [-0.2, -0.15) is 0 Å². The highest BCUT2D eigenvalue weighted by atomic mass is 16.5. The third-order valence-corrected chi connectivity index (χ3v) is 6.34. The molecule has 4 heterocycles. The summed E-state index contributed by atoms with van der Waals surface area (Å²) in [6, 6.07) is 5.87. The van der Waals surface area contributed by atoms with E-state index in [9.17, 15) is 9.90 Å². The Bertz CT molecular complexity index is 658. The van der Waals surface area contributed by atoms with Crippen molar-refractivity contribution < 1.29 is 19.4 Å². The quantitative estimate of drug-likeness (QED) is 0.827. The highest BCUT2D eigenvalue weighted by molar-refractivity contribution is 5.79. The van der Waals surface area contributed by atoms with Crippen molar-refractivity contribution in [3.63, 3.8) is 0 Å². The second-order valence-electron chi connectivity index (χ2n) is 8.09. The number of fused-ring (bicyclic) bond motifs is 3. The molecule has 7 nitrogen and oxygen atoms in total.